The Kier molecular flexibility index (Phi) is 19.3. The predicted octanol–water partition coefficient (Wildman–Crippen LogP) is 9.31. The minimum absolute atomic E-state index is 0. The van der Waals surface area contributed by atoms with Crippen LogP contribution >= 0.6 is 0 Å². The van der Waals surface area contributed by atoms with Crippen molar-refractivity contribution in [1.29, 1.82) is 10.5 Å². The van der Waals surface area contributed by atoms with Gasteiger partial charge in [0.2, 0.25) is 0 Å². The zero-order valence-corrected chi connectivity index (χ0v) is 36.6. The Morgan fingerprint density at radius 1 is 0.776 bits per heavy atom. The number of urea groups is 1. The van der Waals surface area contributed by atoms with E-state index < -0.39 is 6.09 Å². The first-order chi connectivity index (χ1) is 26.8. The maximum atomic E-state index is 12.7. The van der Waals surface area contributed by atoms with Crippen LogP contribution in [-0.4, -0.2) is 37.4 Å². The number of rotatable bonds is 15. The number of hydrogen-bond acceptors (Lipinski definition) is 7. The molecule has 3 N–H and O–H groups in total. The molecule has 2 aliphatic carbocycles. The van der Waals surface area contributed by atoms with Crippen LogP contribution in [0, 0.1) is 58.5 Å². The number of unbranched alkanes of at least 4 members (excludes halogenated alkanes) is 2. The third-order valence-corrected chi connectivity index (χ3v) is 11.2. The van der Waals surface area contributed by atoms with E-state index in [1.54, 1.807) is 12.5 Å². The summed E-state index contributed by atoms with van der Waals surface area (Å²) >= 11 is 0. The smallest absolute Gasteiger partial charge is 0.407 e. The highest BCUT2D eigenvalue weighted by molar-refractivity contribution is 5.89. The molecule has 0 aromatic carbocycles. The summed E-state index contributed by atoms with van der Waals surface area (Å²) in [6, 6.07) is 7.91. The number of pyridine rings is 2. The van der Waals surface area contributed by atoms with Gasteiger partial charge in [-0.3, -0.25) is 0 Å². The van der Waals surface area contributed by atoms with E-state index in [4.69, 9.17) is 24.7 Å². The average molecular weight is 806 g/mol. The SMILES string of the molecule is C.CCCC[n+]1c(C)cc(NC(=O)NC2CC(C)(C)CC(C)(COC#N)C2)cc1C.CCCC[n+]1ccc(COC(=O)NC2CC(C)(C)CC(C)(COC#N)C2)cc1. The third kappa shape index (κ3) is 16.7. The maximum Gasteiger partial charge on any atom is 0.407 e. The lowest BCUT2D eigenvalue weighted by atomic mass is 9.63. The van der Waals surface area contributed by atoms with Gasteiger partial charge in [0.15, 0.2) is 23.8 Å². The van der Waals surface area contributed by atoms with Crippen molar-refractivity contribution in [1.82, 2.24) is 10.6 Å². The van der Waals surface area contributed by atoms with Gasteiger partial charge in [-0.25, -0.2) is 18.7 Å². The molecule has 4 unspecified atom stereocenters. The van der Waals surface area contributed by atoms with Crippen LogP contribution in [0.15, 0.2) is 36.7 Å². The van der Waals surface area contributed by atoms with Gasteiger partial charge in [0.1, 0.15) is 32.9 Å². The van der Waals surface area contributed by atoms with Gasteiger partial charge >= 0.3 is 12.1 Å². The van der Waals surface area contributed by atoms with Crippen LogP contribution in [0.3, 0.4) is 0 Å². The Bertz CT molecular complexity index is 1680. The highest BCUT2D eigenvalue weighted by Gasteiger charge is 2.43. The van der Waals surface area contributed by atoms with Crippen LogP contribution in [-0.2, 0) is 33.9 Å². The number of nitriles is 2. The van der Waals surface area contributed by atoms with Gasteiger partial charge < -0.3 is 30.2 Å². The van der Waals surface area contributed by atoms with Crippen molar-refractivity contribution >= 4 is 17.8 Å². The second-order valence-electron chi connectivity index (χ2n) is 18.9. The molecule has 0 bridgehead atoms. The fourth-order valence-corrected chi connectivity index (χ4v) is 9.56. The molecule has 0 aliphatic heterocycles. The topological polar surface area (TPSA) is 153 Å². The summed E-state index contributed by atoms with van der Waals surface area (Å²) in [7, 11) is 0. The zero-order chi connectivity index (χ0) is 42.3. The van der Waals surface area contributed by atoms with Crippen molar-refractivity contribution in [3.05, 3.63) is 53.6 Å². The molecule has 12 nitrogen and oxygen atoms in total. The van der Waals surface area contributed by atoms with Crippen LogP contribution in [0.25, 0.3) is 0 Å². The Balaban J connectivity index is 0.000000394. The number of aromatic nitrogens is 2. The summed E-state index contributed by atoms with van der Waals surface area (Å²) in [6.45, 7) is 24.6. The normalized spacial score (nSPS) is 22.9. The molecule has 2 saturated carbocycles. The second-order valence-corrected chi connectivity index (χ2v) is 18.9. The van der Waals surface area contributed by atoms with Gasteiger partial charge in [0, 0.05) is 79.4 Å². The van der Waals surface area contributed by atoms with E-state index in [9.17, 15) is 9.59 Å². The highest BCUT2D eigenvalue weighted by atomic mass is 16.5. The number of hydrogen-bond donors (Lipinski definition) is 3. The molecule has 2 heterocycles. The summed E-state index contributed by atoms with van der Waals surface area (Å²) in [5.74, 6) is 0. The highest BCUT2D eigenvalue weighted by Crippen LogP contribution is 2.47. The first kappa shape index (κ1) is 49.6. The molecular weight excluding hydrogens is 731 g/mol. The maximum absolute atomic E-state index is 12.7. The van der Waals surface area contributed by atoms with Crippen molar-refractivity contribution in [2.24, 2.45) is 21.7 Å². The van der Waals surface area contributed by atoms with Gasteiger partial charge in [0.05, 0.1) is 5.69 Å². The standard InChI is InChI=1S/C23H36N4O2.C22H33N3O3.CH4/c1-7-8-9-27-17(2)10-19(11-18(27)3)25-21(28)26-20-12-22(4,5)14-23(6,13-20)15-29-16-24;1-5-6-9-25-10-7-18(8-11-25)14-28-20(26)24-19-12-21(2,3)15-22(4,13-19)16-27-17-23;/h10-11,20H,7-9,12-15H2,1-6H3,(H,26,28);7-8,10-11,19H,5-6,9,12-16H2,1-4H3;1H4/p+2. The van der Waals surface area contributed by atoms with Gasteiger partial charge in [-0.05, 0) is 49.4 Å². The van der Waals surface area contributed by atoms with E-state index in [-0.39, 0.29) is 53.8 Å². The van der Waals surface area contributed by atoms with Crippen molar-refractivity contribution in [3.63, 3.8) is 0 Å². The summed E-state index contributed by atoms with van der Waals surface area (Å²) in [4.78, 5) is 25.0. The van der Waals surface area contributed by atoms with Gasteiger partial charge in [-0.15, -0.1) is 0 Å². The largest absolute Gasteiger partial charge is 0.445 e. The average Bonchev–Trinajstić information content (AvgIpc) is 3.10. The Morgan fingerprint density at radius 3 is 1.74 bits per heavy atom. The van der Waals surface area contributed by atoms with Crippen LogP contribution in [0.4, 0.5) is 15.3 Å². The second kappa shape index (κ2) is 22.5. The van der Waals surface area contributed by atoms with Crippen molar-refractivity contribution < 1.29 is 32.9 Å². The number of anilines is 1. The van der Waals surface area contributed by atoms with E-state index in [1.807, 2.05) is 36.7 Å². The summed E-state index contributed by atoms with van der Waals surface area (Å²) in [5, 5.41) is 26.7. The van der Waals surface area contributed by atoms with E-state index in [1.165, 1.54) is 0 Å². The first-order valence-electron chi connectivity index (χ1n) is 20.8. The van der Waals surface area contributed by atoms with Gasteiger partial charge in [0.25, 0.3) is 12.5 Å². The number of carbonyl (C=O) groups is 2. The lowest BCUT2D eigenvalue weighted by molar-refractivity contribution is -0.708. The number of ether oxygens (including phenoxy) is 3. The number of nitrogens with zero attached hydrogens (tertiary/aromatic N) is 4. The van der Waals surface area contributed by atoms with E-state index in [0.29, 0.717) is 13.2 Å². The Morgan fingerprint density at radius 2 is 1.26 bits per heavy atom. The third-order valence-electron chi connectivity index (χ3n) is 11.2. The minimum atomic E-state index is -0.394. The van der Waals surface area contributed by atoms with Gasteiger partial charge in [-0.1, -0.05) is 75.7 Å². The number of carbonyl (C=O) groups excluding carboxylic acids is 2. The summed E-state index contributed by atoms with van der Waals surface area (Å²) < 4.78 is 19.9. The fraction of sp³-hybridized carbons (Fsp3) is 0.696. The molecule has 58 heavy (non-hydrogen) atoms. The Labute approximate surface area is 350 Å². The number of alkyl carbamates (subject to hydrolysis) is 1. The molecule has 2 aliphatic rings. The molecule has 0 radical (unpaired) electrons. The van der Waals surface area contributed by atoms with E-state index in [2.05, 4.69) is 94.3 Å². The summed E-state index contributed by atoms with van der Waals surface area (Å²) in [5.41, 5.74) is 3.96. The number of nitrogens with one attached hydrogen (secondary N) is 3. The van der Waals surface area contributed by atoms with Crippen molar-refractivity contribution in [2.45, 2.75) is 173 Å². The number of amides is 3. The molecule has 0 saturated heterocycles. The molecule has 0 spiro atoms. The Hall–Kier alpha value is -4.58. The molecule has 2 aromatic rings. The molecule has 3 amide bonds. The lowest BCUT2D eigenvalue weighted by Gasteiger charge is -2.46. The van der Waals surface area contributed by atoms with Crippen LogP contribution < -0.4 is 25.1 Å². The summed E-state index contributed by atoms with van der Waals surface area (Å²) in [6.07, 6.45) is 17.1. The lowest BCUT2D eigenvalue weighted by Crippen LogP contribution is -2.49. The van der Waals surface area contributed by atoms with E-state index in [0.717, 1.165) is 99.9 Å². The molecule has 12 heteroatoms. The predicted molar refractivity (Wildman–Crippen MR) is 227 cm³/mol. The zero-order valence-electron chi connectivity index (χ0n) is 36.6. The molecule has 2 aromatic heterocycles. The quantitative estimate of drug-likeness (QED) is 0.120. The monoisotopic (exact) mass is 806 g/mol. The molecule has 4 atom stereocenters. The van der Waals surface area contributed by atoms with Crippen LogP contribution in [0.2, 0.25) is 0 Å². The van der Waals surface area contributed by atoms with E-state index >= 15 is 0 Å². The molecule has 2 fully saturated rings. The van der Waals surface area contributed by atoms with Crippen molar-refractivity contribution in [3.8, 4) is 12.5 Å². The molecule has 4 rings (SSSR count). The fourth-order valence-electron chi connectivity index (χ4n) is 9.56. The minimum Gasteiger partial charge on any atom is -0.445 e. The molecule has 322 valence electrons. The molecular formula is C46H75N7O5+2. The number of aryl methyl sites for hydroxylation is 3. The van der Waals surface area contributed by atoms with Crippen molar-refractivity contribution in [2.75, 3.05) is 18.5 Å². The van der Waals surface area contributed by atoms with Gasteiger partial charge in [-0.2, -0.15) is 10.5 Å². The first-order valence-corrected chi connectivity index (χ1v) is 20.8. The van der Waals surface area contributed by atoms with Crippen LogP contribution in [0.5, 0.6) is 0 Å². The van der Waals surface area contributed by atoms with Crippen LogP contribution in [0.1, 0.15) is 144 Å².